The molecule has 18 heavy (non-hydrogen) atoms. The van der Waals surface area contributed by atoms with Crippen molar-refractivity contribution in [2.24, 2.45) is 0 Å². The lowest BCUT2D eigenvalue weighted by atomic mass is 10.3. The molecule has 6 heteroatoms. The van der Waals surface area contributed by atoms with E-state index < -0.39 is 5.97 Å². The zero-order chi connectivity index (χ0) is 12.8. The molecule has 0 unspecified atom stereocenters. The lowest BCUT2D eigenvalue weighted by Crippen LogP contribution is -2.14. The number of carbonyl (C=O) groups is 1. The number of aromatic nitrogens is 1. The number of nitrogens with zero attached hydrogens (tertiary/aromatic N) is 1. The highest BCUT2D eigenvalue weighted by atomic mass is 32.1. The second-order valence-corrected chi connectivity index (χ2v) is 5.85. The van der Waals surface area contributed by atoms with E-state index in [0.29, 0.717) is 6.42 Å². The number of nitrogens with one attached hydrogen (secondary N) is 1. The van der Waals surface area contributed by atoms with Crippen molar-refractivity contribution in [2.45, 2.75) is 19.4 Å². The molecule has 0 aromatic carbocycles. The van der Waals surface area contributed by atoms with Gasteiger partial charge in [-0.25, -0.2) is 4.98 Å². The molecule has 96 valence electrons. The van der Waals surface area contributed by atoms with Crippen LogP contribution in [0.4, 0.5) is 0 Å². The summed E-state index contributed by atoms with van der Waals surface area (Å²) in [5, 5.41) is 14.8. The van der Waals surface area contributed by atoms with Crippen molar-refractivity contribution < 1.29 is 9.90 Å². The van der Waals surface area contributed by atoms with Gasteiger partial charge < -0.3 is 10.4 Å². The van der Waals surface area contributed by atoms with Gasteiger partial charge >= 0.3 is 5.97 Å². The molecule has 2 N–H and O–H groups in total. The maximum atomic E-state index is 10.3. The number of carboxylic acid groups (broad SMARTS) is 1. The Morgan fingerprint density at radius 2 is 2.39 bits per heavy atom. The Hall–Kier alpha value is -1.24. The van der Waals surface area contributed by atoms with Crippen LogP contribution in [-0.2, 0) is 11.3 Å². The lowest BCUT2D eigenvalue weighted by molar-refractivity contribution is -0.137. The molecule has 0 saturated carbocycles. The highest BCUT2D eigenvalue weighted by Gasteiger charge is 2.05. The van der Waals surface area contributed by atoms with E-state index in [9.17, 15) is 4.79 Å². The van der Waals surface area contributed by atoms with Crippen LogP contribution >= 0.6 is 22.7 Å². The van der Waals surface area contributed by atoms with Crippen molar-refractivity contribution >= 4 is 28.6 Å². The van der Waals surface area contributed by atoms with Crippen LogP contribution < -0.4 is 5.32 Å². The van der Waals surface area contributed by atoms with Gasteiger partial charge in [-0.1, -0.05) is 6.07 Å². The molecule has 0 aliphatic rings. The molecule has 0 bridgehead atoms. The summed E-state index contributed by atoms with van der Waals surface area (Å²) in [5.41, 5.74) is 0. The lowest BCUT2D eigenvalue weighted by Gasteiger charge is -2.00. The third-order valence-electron chi connectivity index (χ3n) is 2.33. The molecule has 0 aliphatic heterocycles. The molecule has 0 fully saturated rings. The minimum absolute atomic E-state index is 0.218. The first-order chi connectivity index (χ1) is 8.75. The van der Waals surface area contributed by atoms with E-state index in [1.54, 1.807) is 22.7 Å². The van der Waals surface area contributed by atoms with Crippen molar-refractivity contribution in [2.75, 3.05) is 6.54 Å². The van der Waals surface area contributed by atoms with Gasteiger partial charge in [0.25, 0.3) is 0 Å². The second-order valence-electron chi connectivity index (χ2n) is 3.78. The number of rotatable bonds is 7. The molecule has 2 rings (SSSR count). The van der Waals surface area contributed by atoms with E-state index >= 15 is 0 Å². The predicted octanol–water partition coefficient (Wildman–Crippen LogP) is 2.83. The molecular formula is C12H14N2O2S2. The molecule has 2 aromatic heterocycles. The number of hydrogen-bond donors (Lipinski definition) is 2. The smallest absolute Gasteiger partial charge is 0.303 e. The Bertz CT molecular complexity index is 494. The second kappa shape index (κ2) is 6.63. The number of thiophene rings is 1. The van der Waals surface area contributed by atoms with E-state index in [2.05, 4.69) is 16.4 Å². The first kappa shape index (κ1) is 13.2. The van der Waals surface area contributed by atoms with Crippen molar-refractivity contribution in [3.8, 4) is 9.88 Å². The molecular weight excluding hydrogens is 268 g/mol. The van der Waals surface area contributed by atoms with Gasteiger partial charge in [0.15, 0.2) is 0 Å². The third-order valence-corrected chi connectivity index (χ3v) is 4.37. The Morgan fingerprint density at radius 1 is 1.50 bits per heavy atom. The predicted molar refractivity (Wildman–Crippen MR) is 74.0 cm³/mol. The Labute approximate surface area is 113 Å². The van der Waals surface area contributed by atoms with Gasteiger partial charge in [0.05, 0.1) is 4.88 Å². The van der Waals surface area contributed by atoms with Crippen molar-refractivity contribution in [1.82, 2.24) is 10.3 Å². The number of thiazole rings is 1. The van der Waals surface area contributed by atoms with Crippen LogP contribution in [0.1, 0.15) is 17.7 Å². The van der Waals surface area contributed by atoms with Crippen LogP contribution in [0.2, 0.25) is 0 Å². The van der Waals surface area contributed by atoms with Crippen molar-refractivity contribution in [3.05, 3.63) is 28.6 Å². The quantitative estimate of drug-likeness (QED) is 0.767. The minimum atomic E-state index is -0.741. The van der Waals surface area contributed by atoms with Gasteiger partial charge in [-0.3, -0.25) is 4.79 Å². The molecule has 0 radical (unpaired) electrons. The van der Waals surface area contributed by atoms with Gasteiger partial charge in [-0.15, -0.1) is 22.7 Å². The molecule has 4 nitrogen and oxygen atoms in total. The highest BCUT2D eigenvalue weighted by molar-refractivity contribution is 7.20. The van der Waals surface area contributed by atoms with Crippen molar-refractivity contribution in [1.29, 1.82) is 0 Å². The average Bonchev–Trinajstić information content (AvgIpc) is 2.98. The summed E-state index contributed by atoms with van der Waals surface area (Å²) < 4.78 is 0. The van der Waals surface area contributed by atoms with Crippen LogP contribution in [0, 0.1) is 0 Å². The Balaban J connectivity index is 1.76. The van der Waals surface area contributed by atoms with Gasteiger partial charge in [0.1, 0.15) is 5.01 Å². The molecule has 0 amide bonds. The molecule has 2 aromatic rings. The first-order valence-electron chi connectivity index (χ1n) is 5.67. The molecule has 2 heterocycles. The largest absolute Gasteiger partial charge is 0.481 e. The zero-order valence-electron chi connectivity index (χ0n) is 9.76. The summed E-state index contributed by atoms with van der Waals surface area (Å²) in [6.07, 6.45) is 2.76. The number of hydrogen-bond acceptors (Lipinski definition) is 5. The Morgan fingerprint density at radius 3 is 3.11 bits per heavy atom. The molecule has 0 saturated heterocycles. The Kier molecular flexibility index (Phi) is 4.86. The highest BCUT2D eigenvalue weighted by Crippen LogP contribution is 2.28. The van der Waals surface area contributed by atoms with E-state index in [-0.39, 0.29) is 6.42 Å². The molecule has 0 aliphatic carbocycles. The van der Waals surface area contributed by atoms with E-state index in [1.807, 2.05) is 17.6 Å². The summed E-state index contributed by atoms with van der Waals surface area (Å²) >= 11 is 3.36. The summed E-state index contributed by atoms with van der Waals surface area (Å²) in [6, 6.07) is 4.08. The summed E-state index contributed by atoms with van der Waals surface area (Å²) in [4.78, 5) is 17.1. The topological polar surface area (TPSA) is 62.2 Å². The van der Waals surface area contributed by atoms with E-state index in [1.165, 1.54) is 9.75 Å². The maximum Gasteiger partial charge on any atom is 0.303 e. The summed E-state index contributed by atoms with van der Waals surface area (Å²) in [7, 11) is 0. The van der Waals surface area contributed by atoms with Crippen LogP contribution in [0.5, 0.6) is 0 Å². The van der Waals surface area contributed by atoms with Gasteiger partial charge in [-0.05, 0) is 24.4 Å². The normalized spacial score (nSPS) is 10.7. The van der Waals surface area contributed by atoms with Gasteiger partial charge in [0, 0.05) is 24.0 Å². The van der Waals surface area contributed by atoms with Crippen molar-refractivity contribution in [3.63, 3.8) is 0 Å². The molecule has 0 spiro atoms. The molecule has 0 atom stereocenters. The van der Waals surface area contributed by atoms with Gasteiger partial charge in [-0.2, -0.15) is 0 Å². The van der Waals surface area contributed by atoms with Gasteiger partial charge in [0.2, 0.25) is 0 Å². The standard InChI is InChI=1S/C12H14N2O2S2/c15-11(16)4-1-5-13-7-9-8-14-12(18-9)10-3-2-6-17-10/h2-3,6,8,13H,1,4-5,7H2,(H,15,16). The zero-order valence-corrected chi connectivity index (χ0v) is 11.4. The number of carboxylic acids is 1. The fraction of sp³-hybridized carbons (Fsp3) is 0.333. The van der Waals surface area contributed by atoms with Crippen LogP contribution in [0.15, 0.2) is 23.7 Å². The minimum Gasteiger partial charge on any atom is -0.481 e. The third kappa shape index (κ3) is 3.90. The van der Waals surface area contributed by atoms with Crippen LogP contribution in [-0.4, -0.2) is 22.6 Å². The fourth-order valence-corrected chi connectivity index (χ4v) is 3.17. The fourth-order valence-electron chi connectivity index (χ4n) is 1.48. The van der Waals surface area contributed by atoms with Crippen LogP contribution in [0.3, 0.4) is 0 Å². The van der Waals surface area contributed by atoms with E-state index in [0.717, 1.165) is 18.1 Å². The van der Waals surface area contributed by atoms with Crippen LogP contribution in [0.25, 0.3) is 9.88 Å². The SMILES string of the molecule is O=C(O)CCCNCc1cnc(-c2cccs2)s1. The average molecular weight is 282 g/mol. The first-order valence-corrected chi connectivity index (χ1v) is 7.36. The van der Waals surface area contributed by atoms with E-state index in [4.69, 9.17) is 5.11 Å². The maximum absolute atomic E-state index is 10.3. The summed E-state index contributed by atoms with van der Waals surface area (Å²) in [6.45, 7) is 1.47. The monoisotopic (exact) mass is 282 g/mol. The number of aliphatic carboxylic acids is 1. The summed E-state index contributed by atoms with van der Waals surface area (Å²) in [5.74, 6) is -0.741.